The maximum absolute atomic E-state index is 4.78. The normalized spacial score (nSPS) is 12.6. The van der Waals surface area contributed by atoms with E-state index in [2.05, 4.69) is 52.0 Å². The number of aromatic nitrogens is 4. The van der Waals surface area contributed by atoms with Crippen molar-refractivity contribution in [3.05, 3.63) is 66.0 Å². The van der Waals surface area contributed by atoms with Gasteiger partial charge in [0.1, 0.15) is 5.82 Å². The van der Waals surface area contributed by atoms with Gasteiger partial charge in [-0.15, -0.1) is 10.2 Å². The average molecular weight is 317 g/mol. The highest BCUT2D eigenvalue weighted by molar-refractivity contribution is 5.83. The van der Waals surface area contributed by atoms with E-state index in [1.165, 1.54) is 5.56 Å². The molecule has 0 bridgehead atoms. The molecule has 2 aromatic heterocycles. The predicted molar refractivity (Wildman–Crippen MR) is 96.1 cm³/mol. The Kier molecular flexibility index (Phi) is 3.61. The molecule has 0 unspecified atom stereocenters. The fourth-order valence-electron chi connectivity index (χ4n) is 3.00. The van der Waals surface area contributed by atoms with E-state index in [0.717, 1.165) is 34.7 Å². The largest absolute Gasteiger partial charge is 0.360 e. The molecule has 4 aromatic rings. The number of benzene rings is 2. The highest BCUT2D eigenvalue weighted by Gasteiger charge is 2.15. The molecular weight excluding hydrogens is 298 g/mol. The Balaban J connectivity index is 1.86. The second-order valence-corrected chi connectivity index (χ2v) is 5.85. The molecule has 0 aliphatic heterocycles. The lowest BCUT2D eigenvalue weighted by atomic mass is 10.1. The van der Waals surface area contributed by atoms with E-state index < -0.39 is 0 Å². The molecule has 5 heteroatoms. The molecule has 24 heavy (non-hydrogen) atoms. The summed E-state index contributed by atoms with van der Waals surface area (Å²) in [4.78, 5) is 4.78. The minimum Gasteiger partial charge on any atom is -0.360 e. The summed E-state index contributed by atoms with van der Waals surface area (Å²) in [5, 5.41) is 12.2. The topological polar surface area (TPSA) is 55.1 Å². The molecule has 0 aliphatic rings. The van der Waals surface area contributed by atoms with E-state index in [9.17, 15) is 0 Å². The van der Waals surface area contributed by atoms with Gasteiger partial charge in [0.25, 0.3) is 0 Å². The Labute approximate surface area is 140 Å². The van der Waals surface area contributed by atoms with Crippen molar-refractivity contribution in [3.63, 3.8) is 0 Å². The summed E-state index contributed by atoms with van der Waals surface area (Å²) in [6, 6.07) is 18.6. The third kappa shape index (κ3) is 2.38. The first kappa shape index (κ1) is 14.6. The van der Waals surface area contributed by atoms with Gasteiger partial charge in [0.2, 0.25) is 5.65 Å². The standard InChI is InChI=1S/C19H19N5/c1-3-17-22-23-19-18(20-13(2)14-9-5-4-6-10-14)21-15-11-7-8-12-16(15)24(17)19/h4-13H,3H2,1-2H3,(H,20,21)/t13-/m0/s1. The fourth-order valence-corrected chi connectivity index (χ4v) is 3.00. The van der Waals surface area contributed by atoms with Crippen molar-refractivity contribution < 1.29 is 0 Å². The lowest BCUT2D eigenvalue weighted by Crippen LogP contribution is -2.10. The van der Waals surface area contributed by atoms with Crippen LogP contribution in [-0.4, -0.2) is 19.6 Å². The molecule has 0 spiro atoms. The van der Waals surface area contributed by atoms with Crippen LogP contribution in [0.2, 0.25) is 0 Å². The van der Waals surface area contributed by atoms with Gasteiger partial charge in [-0.05, 0) is 24.6 Å². The molecule has 0 fully saturated rings. The maximum atomic E-state index is 4.78. The zero-order valence-corrected chi connectivity index (χ0v) is 13.8. The van der Waals surface area contributed by atoms with Gasteiger partial charge in [0, 0.05) is 6.42 Å². The fraction of sp³-hybridized carbons (Fsp3) is 0.211. The zero-order chi connectivity index (χ0) is 16.5. The molecule has 0 saturated heterocycles. The van der Waals surface area contributed by atoms with Crippen LogP contribution in [0.25, 0.3) is 16.7 Å². The number of rotatable bonds is 4. The van der Waals surface area contributed by atoms with Crippen molar-refractivity contribution in [3.8, 4) is 0 Å². The number of aryl methyl sites for hydroxylation is 1. The van der Waals surface area contributed by atoms with Crippen LogP contribution in [0.3, 0.4) is 0 Å². The lowest BCUT2D eigenvalue weighted by molar-refractivity contribution is 0.875. The van der Waals surface area contributed by atoms with Gasteiger partial charge in [-0.1, -0.05) is 49.4 Å². The maximum Gasteiger partial charge on any atom is 0.204 e. The quantitative estimate of drug-likeness (QED) is 0.618. The van der Waals surface area contributed by atoms with Crippen LogP contribution in [0.4, 0.5) is 5.82 Å². The van der Waals surface area contributed by atoms with E-state index in [1.807, 2.05) is 36.4 Å². The van der Waals surface area contributed by atoms with Crippen LogP contribution in [-0.2, 0) is 6.42 Å². The third-order valence-corrected chi connectivity index (χ3v) is 4.27. The Morgan fingerprint density at radius 1 is 1.00 bits per heavy atom. The van der Waals surface area contributed by atoms with Gasteiger partial charge in [0.05, 0.1) is 17.1 Å². The second kappa shape index (κ2) is 5.92. The number of nitrogens with zero attached hydrogens (tertiary/aromatic N) is 4. The molecule has 2 aromatic carbocycles. The molecule has 2 heterocycles. The van der Waals surface area contributed by atoms with Gasteiger partial charge in [-0.3, -0.25) is 4.40 Å². The number of anilines is 1. The van der Waals surface area contributed by atoms with Crippen molar-refractivity contribution in [2.24, 2.45) is 0 Å². The molecule has 5 nitrogen and oxygen atoms in total. The molecule has 120 valence electrons. The van der Waals surface area contributed by atoms with Gasteiger partial charge < -0.3 is 5.32 Å². The number of hydrogen-bond donors (Lipinski definition) is 1. The summed E-state index contributed by atoms with van der Waals surface area (Å²) in [7, 11) is 0. The van der Waals surface area contributed by atoms with Crippen molar-refractivity contribution in [2.45, 2.75) is 26.3 Å². The predicted octanol–water partition coefficient (Wildman–Crippen LogP) is 4.01. The van der Waals surface area contributed by atoms with Crippen molar-refractivity contribution >= 4 is 22.5 Å². The van der Waals surface area contributed by atoms with Crippen LogP contribution in [0, 0.1) is 0 Å². The van der Waals surface area contributed by atoms with E-state index in [1.54, 1.807) is 0 Å². The number of fused-ring (bicyclic) bond motifs is 3. The van der Waals surface area contributed by atoms with Gasteiger partial charge in [0.15, 0.2) is 5.82 Å². The Morgan fingerprint density at radius 3 is 2.54 bits per heavy atom. The second-order valence-electron chi connectivity index (χ2n) is 5.85. The first-order valence-electron chi connectivity index (χ1n) is 8.22. The SMILES string of the molecule is CCc1nnc2c(N[C@@H](C)c3ccccc3)nc3ccccc3n12. The monoisotopic (exact) mass is 317 g/mol. The minimum atomic E-state index is 0.130. The van der Waals surface area contributed by atoms with Crippen LogP contribution in [0.15, 0.2) is 54.6 Å². The van der Waals surface area contributed by atoms with Crippen LogP contribution in [0.1, 0.15) is 31.3 Å². The summed E-state index contributed by atoms with van der Waals surface area (Å²) in [5.74, 6) is 1.70. The van der Waals surface area contributed by atoms with Crippen molar-refractivity contribution in [1.82, 2.24) is 19.6 Å². The van der Waals surface area contributed by atoms with E-state index in [-0.39, 0.29) is 6.04 Å². The van der Waals surface area contributed by atoms with E-state index in [0.29, 0.717) is 0 Å². The summed E-state index contributed by atoms with van der Waals surface area (Å²) in [6.45, 7) is 4.21. The highest BCUT2D eigenvalue weighted by atomic mass is 15.3. The summed E-state index contributed by atoms with van der Waals surface area (Å²) < 4.78 is 2.10. The Hall–Kier alpha value is -2.95. The van der Waals surface area contributed by atoms with E-state index in [4.69, 9.17) is 4.98 Å². The molecule has 4 rings (SSSR count). The molecule has 0 amide bonds. The Bertz CT molecular complexity index is 991. The molecule has 1 N–H and O–H groups in total. The molecule has 1 atom stereocenters. The van der Waals surface area contributed by atoms with Crippen molar-refractivity contribution in [2.75, 3.05) is 5.32 Å². The third-order valence-electron chi connectivity index (χ3n) is 4.27. The summed E-state index contributed by atoms with van der Waals surface area (Å²) in [5.41, 5.74) is 3.95. The molecule has 0 radical (unpaired) electrons. The van der Waals surface area contributed by atoms with Gasteiger partial charge >= 0.3 is 0 Å². The number of hydrogen-bond acceptors (Lipinski definition) is 4. The zero-order valence-electron chi connectivity index (χ0n) is 13.8. The highest BCUT2D eigenvalue weighted by Crippen LogP contribution is 2.25. The molecule has 0 saturated carbocycles. The molecular formula is C19H19N5. The number of para-hydroxylation sites is 2. The molecule has 0 aliphatic carbocycles. The van der Waals surface area contributed by atoms with E-state index >= 15 is 0 Å². The number of nitrogens with one attached hydrogen (secondary N) is 1. The van der Waals surface area contributed by atoms with Crippen LogP contribution < -0.4 is 5.32 Å². The lowest BCUT2D eigenvalue weighted by Gasteiger charge is -2.16. The summed E-state index contributed by atoms with van der Waals surface area (Å²) in [6.07, 6.45) is 0.822. The van der Waals surface area contributed by atoms with Gasteiger partial charge in [-0.25, -0.2) is 4.98 Å². The smallest absolute Gasteiger partial charge is 0.204 e. The first-order chi connectivity index (χ1) is 11.8. The summed E-state index contributed by atoms with van der Waals surface area (Å²) >= 11 is 0. The average Bonchev–Trinajstić information content (AvgIpc) is 3.07. The van der Waals surface area contributed by atoms with Crippen LogP contribution in [0.5, 0.6) is 0 Å². The Morgan fingerprint density at radius 2 is 1.75 bits per heavy atom. The minimum absolute atomic E-state index is 0.130. The van der Waals surface area contributed by atoms with Crippen LogP contribution >= 0.6 is 0 Å². The van der Waals surface area contributed by atoms with Crippen molar-refractivity contribution in [1.29, 1.82) is 0 Å². The first-order valence-corrected chi connectivity index (χ1v) is 8.22. The van der Waals surface area contributed by atoms with Gasteiger partial charge in [-0.2, -0.15) is 0 Å².